The van der Waals surface area contributed by atoms with Crippen LogP contribution in [-0.2, 0) is 20.7 Å². The normalized spacial score (nSPS) is 20.0. The van der Waals surface area contributed by atoms with E-state index in [2.05, 4.69) is 12.1 Å². The molecule has 1 atom stereocenters. The molecule has 116 valence electrons. The molecule has 1 heterocycles. The van der Waals surface area contributed by atoms with Crippen molar-refractivity contribution in [3.05, 3.63) is 35.9 Å². The van der Waals surface area contributed by atoms with Crippen molar-refractivity contribution >= 4 is 6.16 Å². The van der Waals surface area contributed by atoms with Gasteiger partial charge < -0.3 is 14.3 Å². The van der Waals surface area contributed by atoms with E-state index in [-0.39, 0.29) is 6.04 Å². The van der Waals surface area contributed by atoms with E-state index >= 15 is 0 Å². The Bertz CT molecular complexity index is 455. The Morgan fingerprint density at radius 2 is 2.05 bits per heavy atom. The first-order chi connectivity index (χ1) is 9.94. The highest BCUT2D eigenvalue weighted by atomic mass is 16.8. The van der Waals surface area contributed by atoms with Crippen molar-refractivity contribution in [2.24, 2.45) is 0 Å². The van der Waals surface area contributed by atoms with Gasteiger partial charge in [0.05, 0.1) is 25.8 Å². The third-order valence-electron chi connectivity index (χ3n) is 3.07. The number of hydrogen-bond acceptors (Lipinski definition) is 5. The first-order valence-corrected chi connectivity index (χ1v) is 7.23. The van der Waals surface area contributed by atoms with Crippen LogP contribution in [0.4, 0.5) is 4.79 Å². The minimum atomic E-state index is -0.664. The van der Waals surface area contributed by atoms with Crippen molar-refractivity contribution < 1.29 is 19.1 Å². The van der Waals surface area contributed by atoms with Crippen molar-refractivity contribution in [2.75, 3.05) is 19.8 Å². The van der Waals surface area contributed by atoms with Crippen LogP contribution in [0.25, 0.3) is 0 Å². The summed E-state index contributed by atoms with van der Waals surface area (Å²) >= 11 is 0. The van der Waals surface area contributed by atoms with Crippen molar-refractivity contribution in [1.29, 1.82) is 0 Å². The molecule has 2 rings (SSSR count). The molecule has 1 fully saturated rings. The number of ether oxygens (including phenoxy) is 2. The van der Waals surface area contributed by atoms with E-state index in [9.17, 15) is 4.79 Å². The van der Waals surface area contributed by atoms with Gasteiger partial charge in [0.25, 0.3) is 0 Å². The number of carbonyl (C=O) groups excluding carboxylic acids is 1. The van der Waals surface area contributed by atoms with Crippen LogP contribution in [0, 0.1) is 0 Å². The lowest BCUT2D eigenvalue weighted by Crippen LogP contribution is -2.48. The van der Waals surface area contributed by atoms with Crippen LogP contribution in [-0.4, -0.2) is 42.6 Å². The quantitative estimate of drug-likeness (QED) is 0.802. The van der Waals surface area contributed by atoms with Crippen LogP contribution < -0.4 is 0 Å². The summed E-state index contributed by atoms with van der Waals surface area (Å²) in [6.45, 7) is 7.08. The second-order valence-corrected chi connectivity index (χ2v) is 6.11. The highest BCUT2D eigenvalue weighted by Crippen LogP contribution is 2.16. The summed E-state index contributed by atoms with van der Waals surface area (Å²) < 4.78 is 10.7. The summed E-state index contributed by atoms with van der Waals surface area (Å²) in [6, 6.07) is 10.1. The van der Waals surface area contributed by atoms with Crippen LogP contribution in [0.2, 0.25) is 0 Å². The second kappa shape index (κ2) is 6.91. The molecule has 0 aromatic heterocycles. The predicted molar refractivity (Wildman–Crippen MR) is 78.8 cm³/mol. The molecule has 1 aromatic carbocycles. The maximum Gasteiger partial charge on any atom is 0.528 e. The van der Waals surface area contributed by atoms with E-state index < -0.39 is 11.8 Å². The zero-order valence-corrected chi connectivity index (χ0v) is 12.9. The third-order valence-corrected chi connectivity index (χ3v) is 3.07. The largest absolute Gasteiger partial charge is 0.528 e. The van der Waals surface area contributed by atoms with Crippen LogP contribution in [0.5, 0.6) is 0 Å². The standard InChI is InChI=1S/C16H23NO4/c1-16(2,3)20-15(18)21-17-9-10-19-12-14(17)11-13-7-5-4-6-8-13/h4-8,14H,9-12H2,1-3H3. The maximum atomic E-state index is 11.8. The highest BCUT2D eigenvalue weighted by Gasteiger charge is 2.29. The summed E-state index contributed by atoms with van der Waals surface area (Å²) in [4.78, 5) is 17.1. The van der Waals surface area contributed by atoms with E-state index in [1.807, 2.05) is 39.0 Å². The molecule has 0 N–H and O–H groups in total. The molecule has 0 amide bonds. The summed E-state index contributed by atoms with van der Waals surface area (Å²) in [5.74, 6) is 0. The van der Waals surface area contributed by atoms with Crippen molar-refractivity contribution in [2.45, 2.75) is 38.8 Å². The third kappa shape index (κ3) is 5.36. The Balaban J connectivity index is 1.94. The monoisotopic (exact) mass is 293 g/mol. The van der Waals surface area contributed by atoms with Crippen LogP contribution in [0.1, 0.15) is 26.3 Å². The molecule has 5 heteroatoms. The van der Waals surface area contributed by atoms with Crippen LogP contribution >= 0.6 is 0 Å². The fraction of sp³-hybridized carbons (Fsp3) is 0.562. The first kappa shape index (κ1) is 15.8. The number of hydrogen-bond donors (Lipinski definition) is 0. The van der Waals surface area contributed by atoms with Gasteiger partial charge >= 0.3 is 6.16 Å². The number of rotatable bonds is 3. The Morgan fingerprint density at radius 1 is 1.33 bits per heavy atom. The van der Waals surface area contributed by atoms with Crippen molar-refractivity contribution in [3.8, 4) is 0 Å². The summed E-state index contributed by atoms with van der Waals surface area (Å²) in [5, 5.41) is 1.67. The molecule has 0 aliphatic carbocycles. The van der Waals surface area contributed by atoms with Gasteiger partial charge in [-0.1, -0.05) is 30.3 Å². The zero-order chi connectivity index (χ0) is 15.3. The van der Waals surface area contributed by atoms with Gasteiger partial charge in [-0.3, -0.25) is 0 Å². The van der Waals surface area contributed by atoms with Gasteiger partial charge in [-0.2, -0.15) is 0 Å². The lowest BCUT2D eigenvalue weighted by atomic mass is 10.1. The summed E-state index contributed by atoms with van der Waals surface area (Å²) in [6.07, 6.45) is 0.103. The second-order valence-electron chi connectivity index (χ2n) is 6.11. The minimum Gasteiger partial charge on any atom is -0.427 e. The number of hydroxylamine groups is 2. The smallest absolute Gasteiger partial charge is 0.427 e. The van der Waals surface area contributed by atoms with Gasteiger partial charge in [0.2, 0.25) is 0 Å². The summed E-state index contributed by atoms with van der Waals surface area (Å²) in [5.41, 5.74) is 0.629. The predicted octanol–water partition coefficient (Wildman–Crippen LogP) is 2.80. The van der Waals surface area contributed by atoms with Crippen LogP contribution in [0.3, 0.4) is 0 Å². The average molecular weight is 293 g/mol. The van der Waals surface area contributed by atoms with Crippen LogP contribution in [0.15, 0.2) is 30.3 Å². The fourth-order valence-corrected chi connectivity index (χ4v) is 2.17. The number of benzene rings is 1. The van der Waals surface area contributed by atoms with Gasteiger partial charge in [-0.15, -0.1) is 5.06 Å². The Labute approximate surface area is 125 Å². The fourth-order valence-electron chi connectivity index (χ4n) is 2.17. The molecule has 1 aliphatic heterocycles. The molecular weight excluding hydrogens is 270 g/mol. The molecule has 0 spiro atoms. The molecule has 5 nitrogen and oxygen atoms in total. The van der Waals surface area contributed by atoms with Gasteiger partial charge in [0.1, 0.15) is 5.60 Å². The molecule has 21 heavy (non-hydrogen) atoms. The Morgan fingerprint density at radius 3 is 2.71 bits per heavy atom. The lowest BCUT2D eigenvalue weighted by Gasteiger charge is -2.34. The number of morpholine rings is 1. The van der Waals surface area contributed by atoms with E-state index in [0.29, 0.717) is 19.8 Å². The molecule has 1 saturated heterocycles. The molecule has 1 aromatic rings. The van der Waals surface area contributed by atoms with E-state index in [4.69, 9.17) is 14.3 Å². The number of nitrogens with zero attached hydrogens (tertiary/aromatic N) is 1. The van der Waals surface area contributed by atoms with E-state index in [1.165, 1.54) is 5.56 Å². The van der Waals surface area contributed by atoms with Gasteiger partial charge in [-0.25, -0.2) is 4.79 Å². The zero-order valence-electron chi connectivity index (χ0n) is 12.9. The number of carbonyl (C=O) groups is 1. The molecule has 1 aliphatic rings. The SMILES string of the molecule is CC(C)(C)OC(=O)ON1CCOCC1Cc1ccccc1. The van der Waals surface area contributed by atoms with Gasteiger partial charge in [-0.05, 0) is 32.8 Å². The maximum absolute atomic E-state index is 11.8. The topological polar surface area (TPSA) is 48.0 Å². The summed E-state index contributed by atoms with van der Waals surface area (Å²) in [7, 11) is 0. The molecular formula is C16H23NO4. The minimum absolute atomic E-state index is 0.00803. The first-order valence-electron chi connectivity index (χ1n) is 7.23. The molecule has 0 radical (unpaired) electrons. The van der Waals surface area contributed by atoms with Crippen molar-refractivity contribution in [1.82, 2.24) is 5.06 Å². The van der Waals surface area contributed by atoms with Gasteiger partial charge in [0.15, 0.2) is 0 Å². The molecule has 0 bridgehead atoms. The van der Waals surface area contributed by atoms with E-state index in [0.717, 1.165) is 6.42 Å². The highest BCUT2D eigenvalue weighted by molar-refractivity contribution is 5.60. The Hall–Kier alpha value is -1.59. The van der Waals surface area contributed by atoms with Gasteiger partial charge in [0, 0.05) is 0 Å². The van der Waals surface area contributed by atoms with E-state index in [1.54, 1.807) is 5.06 Å². The molecule has 0 saturated carbocycles. The average Bonchev–Trinajstić information content (AvgIpc) is 2.40. The Kier molecular flexibility index (Phi) is 5.20. The lowest BCUT2D eigenvalue weighted by molar-refractivity contribution is -0.202. The molecule has 1 unspecified atom stereocenters. The van der Waals surface area contributed by atoms with Crippen molar-refractivity contribution in [3.63, 3.8) is 0 Å².